The first kappa shape index (κ1) is 11.2. The monoisotopic (exact) mass is 228 g/mol. The molecule has 0 saturated carbocycles. The summed E-state index contributed by atoms with van der Waals surface area (Å²) in [6, 6.07) is -0.163. The Morgan fingerprint density at radius 1 is 1.44 bits per heavy atom. The number of hydrogen-bond donors (Lipinski definition) is 2. The Bertz CT molecular complexity index is 283. The zero-order chi connectivity index (χ0) is 11.5. The smallest absolute Gasteiger partial charge is 0.317 e. The van der Waals surface area contributed by atoms with E-state index in [1.807, 2.05) is 0 Å². The molecule has 1 atom stereocenters. The van der Waals surface area contributed by atoms with Crippen LogP contribution in [0.25, 0.3) is 0 Å². The van der Waals surface area contributed by atoms with E-state index in [9.17, 15) is 9.59 Å². The van der Waals surface area contributed by atoms with Crippen molar-refractivity contribution in [2.45, 2.75) is 6.42 Å². The Labute approximate surface area is 93.6 Å². The van der Waals surface area contributed by atoms with Crippen molar-refractivity contribution in [2.24, 2.45) is 11.8 Å². The molecule has 2 heterocycles. The fourth-order valence-electron chi connectivity index (χ4n) is 1.89. The van der Waals surface area contributed by atoms with E-state index >= 15 is 0 Å². The number of aliphatic carboxylic acids is 1. The standard InChI is InChI=1S/C10H16N2O4/c13-9(14)8-4-12(5-8)10(15)11-3-7-1-2-16-6-7/h7-8H,1-6H2,(H,11,15)(H,13,14). The van der Waals surface area contributed by atoms with Crippen molar-refractivity contribution in [2.75, 3.05) is 32.8 Å². The average Bonchev–Trinajstić information content (AvgIpc) is 2.63. The molecule has 6 nitrogen and oxygen atoms in total. The third-order valence-corrected chi connectivity index (χ3v) is 3.08. The summed E-state index contributed by atoms with van der Waals surface area (Å²) in [5.74, 6) is -0.811. The van der Waals surface area contributed by atoms with Gasteiger partial charge in [0, 0.05) is 32.2 Å². The molecule has 0 aromatic rings. The Morgan fingerprint density at radius 2 is 2.19 bits per heavy atom. The van der Waals surface area contributed by atoms with Crippen LogP contribution in [0.5, 0.6) is 0 Å². The normalized spacial score (nSPS) is 25.2. The molecule has 1 unspecified atom stereocenters. The van der Waals surface area contributed by atoms with Crippen molar-refractivity contribution in [3.63, 3.8) is 0 Å². The predicted molar refractivity (Wildman–Crippen MR) is 55.0 cm³/mol. The zero-order valence-corrected chi connectivity index (χ0v) is 9.02. The summed E-state index contributed by atoms with van der Waals surface area (Å²) in [7, 11) is 0. The second kappa shape index (κ2) is 4.69. The van der Waals surface area contributed by atoms with E-state index in [2.05, 4.69) is 5.32 Å². The minimum atomic E-state index is -0.826. The molecule has 6 heteroatoms. The van der Waals surface area contributed by atoms with E-state index in [1.165, 1.54) is 4.90 Å². The van der Waals surface area contributed by atoms with Gasteiger partial charge in [-0.05, 0) is 6.42 Å². The molecule has 2 N–H and O–H groups in total. The quantitative estimate of drug-likeness (QED) is 0.698. The average molecular weight is 228 g/mol. The first-order valence-corrected chi connectivity index (χ1v) is 5.50. The van der Waals surface area contributed by atoms with Gasteiger partial charge in [0.2, 0.25) is 0 Å². The Hall–Kier alpha value is -1.30. The summed E-state index contributed by atoms with van der Waals surface area (Å²) < 4.78 is 5.20. The lowest BCUT2D eigenvalue weighted by atomic mass is 10.0. The maximum Gasteiger partial charge on any atom is 0.317 e. The molecule has 2 amide bonds. The largest absolute Gasteiger partial charge is 0.481 e. The van der Waals surface area contributed by atoms with Gasteiger partial charge in [-0.25, -0.2) is 4.79 Å². The van der Waals surface area contributed by atoms with Gasteiger partial charge < -0.3 is 20.1 Å². The van der Waals surface area contributed by atoms with Crippen LogP contribution in [0.4, 0.5) is 4.79 Å². The summed E-state index contributed by atoms with van der Waals surface area (Å²) in [4.78, 5) is 23.6. The topological polar surface area (TPSA) is 78.9 Å². The highest BCUT2D eigenvalue weighted by atomic mass is 16.5. The molecule has 2 rings (SSSR count). The van der Waals surface area contributed by atoms with Gasteiger partial charge in [-0.2, -0.15) is 0 Å². The Balaban J connectivity index is 1.64. The van der Waals surface area contributed by atoms with Gasteiger partial charge >= 0.3 is 12.0 Å². The van der Waals surface area contributed by atoms with E-state index in [4.69, 9.17) is 9.84 Å². The van der Waals surface area contributed by atoms with Crippen molar-refractivity contribution in [1.29, 1.82) is 0 Å². The van der Waals surface area contributed by atoms with E-state index in [0.29, 0.717) is 32.2 Å². The van der Waals surface area contributed by atoms with Gasteiger partial charge in [0.05, 0.1) is 12.5 Å². The lowest BCUT2D eigenvalue weighted by Gasteiger charge is -2.36. The molecule has 0 aromatic carbocycles. The van der Waals surface area contributed by atoms with Crippen molar-refractivity contribution in [1.82, 2.24) is 10.2 Å². The van der Waals surface area contributed by atoms with Gasteiger partial charge in [-0.15, -0.1) is 0 Å². The molecule has 0 aromatic heterocycles. The third-order valence-electron chi connectivity index (χ3n) is 3.08. The number of amides is 2. The number of hydrogen-bond acceptors (Lipinski definition) is 3. The fraction of sp³-hybridized carbons (Fsp3) is 0.800. The highest BCUT2D eigenvalue weighted by Crippen LogP contribution is 2.16. The number of carbonyl (C=O) groups is 2. The van der Waals surface area contributed by atoms with Gasteiger partial charge in [0.1, 0.15) is 0 Å². The van der Waals surface area contributed by atoms with Gasteiger partial charge in [-0.1, -0.05) is 0 Å². The van der Waals surface area contributed by atoms with Crippen LogP contribution in [-0.2, 0) is 9.53 Å². The van der Waals surface area contributed by atoms with Gasteiger partial charge in [0.15, 0.2) is 0 Å². The van der Waals surface area contributed by atoms with Crippen LogP contribution in [-0.4, -0.2) is 54.9 Å². The van der Waals surface area contributed by atoms with Crippen LogP contribution in [0.1, 0.15) is 6.42 Å². The molecule has 0 spiro atoms. The van der Waals surface area contributed by atoms with Crippen LogP contribution in [0.2, 0.25) is 0 Å². The molecule has 0 bridgehead atoms. The fourth-order valence-corrected chi connectivity index (χ4v) is 1.89. The second-order valence-corrected chi connectivity index (χ2v) is 4.36. The number of carbonyl (C=O) groups excluding carboxylic acids is 1. The molecule has 2 aliphatic rings. The number of carboxylic acid groups (broad SMARTS) is 1. The van der Waals surface area contributed by atoms with Crippen molar-refractivity contribution >= 4 is 12.0 Å². The summed E-state index contributed by atoms with van der Waals surface area (Å²) in [6.07, 6.45) is 0.984. The summed E-state index contributed by atoms with van der Waals surface area (Å²) >= 11 is 0. The van der Waals surface area contributed by atoms with Gasteiger partial charge in [0.25, 0.3) is 0 Å². The van der Waals surface area contributed by atoms with Crippen LogP contribution >= 0.6 is 0 Å². The maximum absolute atomic E-state index is 11.5. The SMILES string of the molecule is O=C(O)C1CN(C(=O)NCC2CCOC2)C1. The number of likely N-dealkylation sites (tertiary alicyclic amines) is 1. The molecule has 2 saturated heterocycles. The zero-order valence-electron chi connectivity index (χ0n) is 9.02. The molecular weight excluding hydrogens is 212 g/mol. The van der Waals surface area contributed by atoms with Crippen molar-refractivity contribution in [3.05, 3.63) is 0 Å². The summed E-state index contributed by atoms with van der Waals surface area (Å²) in [5, 5.41) is 11.5. The van der Waals surface area contributed by atoms with E-state index in [-0.39, 0.29) is 11.9 Å². The highest BCUT2D eigenvalue weighted by molar-refractivity contribution is 5.79. The third kappa shape index (κ3) is 2.44. The lowest BCUT2D eigenvalue weighted by Crippen LogP contribution is -2.56. The highest BCUT2D eigenvalue weighted by Gasteiger charge is 2.35. The van der Waals surface area contributed by atoms with Crippen molar-refractivity contribution < 1.29 is 19.4 Å². The van der Waals surface area contributed by atoms with E-state index < -0.39 is 5.97 Å². The Morgan fingerprint density at radius 3 is 2.75 bits per heavy atom. The Kier molecular flexibility index (Phi) is 3.28. The first-order valence-electron chi connectivity index (χ1n) is 5.50. The predicted octanol–water partition coefficient (Wildman–Crippen LogP) is -0.251. The van der Waals surface area contributed by atoms with E-state index in [0.717, 1.165) is 13.0 Å². The molecule has 2 fully saturated rings. The number of nitrogens with zero attached hydrogens (tertiary/aromatic N) is 1. The number of urea groups is 1. The molecule has 0 radical (unpaired) electrons. The van der Waals surface area contributed by atoms with Crippen LogP contribution < -0.4 is 5.32 Å². The van der Waals surface area contributed by atoms with Crippen LogP contribution in [0.15, 0.2) is 0 Å². The molecule has 90 valence electrons. The minimum Gasteiger partial charge on any atom is -0.481 e. The summed E-state index contributed by atoms with van der Waals surface area (Å²) in [5.41, 5.74) is 0. The minimum absolute atomic E-state index is 0.163. The molecule has 2 aliphatic heterocycles. The second-order valence-electron chi connectivity index (χ2n) is 4.36. The van der Waals surface area contributed by atoms with Gasteiger partial charge in [-0.3, -0.25) is 4.79 Å². The molecule has 16 heavy (non-hydrogen) atoms. The number of rotatable bonds is 3. The van der Waals surface area contributed by atoms with Crippen LogP contribution in [0, 0.1) is 11.8 Å². The lowest BCUT2D eigenvalue weighted by molar-refractivity contribution is -0.146. The number of ether oxygens (including phenoxy) is 1. The van der Waals surface area contributed by atoms with E-state index in [1.54, 1.807) is 0 Å². The maximum atomic E-state index is 11.5. The number of nitrogens with one attached hydrogen (secondary N) is 1. The van der Waals surface area contributed by atoms with Crippen molar-refractivity contribution in [3.8, 4) is 0 Å². The first-order chi connectivity index (χ1) is 7.66. The summed E-state index contributed by atoms with van der Waals surface area (Å²) in [6.45, 7) is 2.74. The molecular formula is C10H16N2O4. The van der Waals surface area contributed by atoms with Crippen LogP contribution in [0.3, 0.4) is 0 Å². The molecule has 0 aliphatic carbocycles. The number of carboxylic acids is 1.